The van der Waals surface area contributed by atoms with Crippen molar-refractivity contribution in [3.05, 3.63) is 28.2 Å². The average Bonchev–Trinajstić information content (AvgIpc) is 3.41. The molecule has 8 heteroatoms. The number of amides is 2. The number of hydrogen-bond donors (Lipinski definition) is 1. The van der Waals surface area contributed by atoms with Gasteiger partial charge in [0.25, 0.3) is 0 Å². The molecule has 0 aliphatic carbocycles. The van der Waals surface area contributed by atoms with E-state index in [4.69, 9.17) is 9.47 Å². The lowest BCUT2D eigenvalue weighted by Crippen LogP contribution is -2.53. The summed E-state index contributed by atoms with van der Waals surface area (Å²) in [6.45, 7) is 7.79. The third kappa shape index (κ3) is 4.88. The van der Waals surface area contributed by atoms with Crippen molar-refractivity contribution in [2.24, 2.45) is 11.8 Å². The van der Waals surface area contributed by atoms with Gasteiger partial charge in [-0.05, 0) is 37.1 Å². The summed E-state index contributed by atoms with van der Waals surface area (Å²) in [5.74, 6) is 0.0881. The summed E-state index contributed by atoms with van der Waals surface area (Å²) in [7, 11) is 0. The molecule has 3 aliphatic rings. The minimum Gasteiger partial charge on any atom is -0.381 e. The Bertz CT molecular complexity index is 778. The molecule has 0 saturated carbocycles. The minimum absolute atomic E-state index is 0.00537. The lowest BCUT2D eigenvalue weighted by atomic mass is 9.96. The van der Waals surface area contributed by atoms with Crippen molar-refractivity contribution in [3.8, 4) is 0 Å². The minimum atomic E-state index is -0.313. The van der Waals surface area contributed by atoms with Crippen LogP contribution in [0.4, 0.5) is 5.69 Å². The molecule has 3 fully saturated rings. The van der Waals surface area contributed by atoms with Gasteiger partial charge in [0.05, 0.1) is 25.7 Å². The summed E-state index contributed by atoms with van der Waals surface area (Å²) in [6, 6.07) is 6.10. The number of rotatable bonds is 6. The molecule has 1 aromatic carbocycles. The van der Waals surface area contributed by atoms with Crippen molar-refractivity contribution < 1.29 is 19.1 Å². The topological polar surface area (TPSA) is 71.1 Å². The van der Waals surface area contributed by atoms with Gasteiger partial charge in [-0.25, -0.2) is 0 Å². The fourth-order valence-corrected chi connectivity index (χ4v) is 4.88. The first-order valence-corrected chi connectivity index (χ1v) is 11.6. The van der Waals surface area contributed by atoms with Crippen molar-refractivity contribution in [2.75, 3.05) is 57.5 Å². The van der Waals surface area contributed by atoms with E-state index in [0.29, 0.717) is 19.0 Å². The number of carbonyl (C=O) groups is 2. The van der Waals surface area contributed by atoms with Crippen LogP contribution in [0.2, 0.25) is 0 Å². The zero-order valence-corrected chi connectivity index (χ0v) is 19.0. The zero-order chi connectivity index (χ0) is 21.1. The van der Waals surface area contributed by atoms with E-state index in [-0.39, 0.29) is 30.2 Å². The average molecular weight is 480 g/mol. The largest absolute Gasteiger partial charge is 0.381 e. The fourth-order valence-electron chi connectivity index (χ4n) is 4.64. The second-order valence-corrected chi connectivity index (χ2v) is 9.28. The first-order valence-electron chi connectivity index (χ1n) is 10.8. The molecule has 164 valence electrons. The summed E-state index contributed by atoms with van der Waals surface area (Å²) in [5, 5.41) is 3.15. The Balaban J connectivity index is 1.36. The van der Waals surface area contributed by atoms with Crippen LogP contribution in [0, 0.1) is 18.8 Å². The molecule has 7 nitrogen and oxygen atoms in total. The monoisotopic (exact) mass is 479 g/mol. The molecule has 0 radical (unpaired) electrons. The standard InChI is InChI=1S/C22H30BrN3O4/c1-15-10-18(2-3-19(15)23)26-13-17(11-21(26)27)22(28)24-12-20(16-4-7-30-14-16)25-5-8-29-9-6-25/h2-3,10,16-17,20H,4-9,11-14H2,1H3,(H,24,28). The number of hydrogen-bond acceptors (Lipinski definition) is 5. The van der Waals surface area contributed by atoms with Crippen molar-refractivity contribution in [3.63, 3.8) is 0 Å². The highest BCUT2D eigenvalue weighted by molar-refractivity contribution is 9.10. The third-order valence-electron chi connectivity index (χ3n) is 6.46. The Morgan fingerprint density at radius 2 is 2.07 bits per heavy atom. The van der Waals surface area contributed by atoms with Gasteiger partial charge in [0.1, 0.15) is 0 Å². The molecule has 1 aromatic rings. The Kier molecular flexibility index (Phi) is 7.08. The zero-order valence-electron chi connectivity index (χ0n) is 17.4. The number of anilines is 1. The van der Waals surface area contributed by atoms with Crippen LogP contribution < -0.4 is 10.2 Å². The van der Waals surface area contributed by atoms with E-state index in [1.807, 2.05) is 25.1 Å². The van der Waals surface area contributed by atoms with Gasteiger partial charge in [-0.1, -0.05) is 15.9 Å². The smallest absolute Gasteiger partial charge is 0.227 e. The van der Waals surface area contributed by atoms with E-state index in [0.717, 1.165) is 61.7 Å². The van der Waals surface area contributed by atoms with E-state index in [1.165, 1.54) is 0 Å². The quantitative estimate of drug-likeness (QED) is 0.675. The predicted octanol–water partition coefficient (Wildman–Crippen LogP) is 1.96. The summed E-state index contributed by atoms with van der Waals surface area (Å²) in [4.78, 5) is 29.6. The molecule has 30 heavy (non-hydrogen) atoms. The number of nitrogens with zero attached hydrogens (tertiary/aromatic N) is 2. The maximum absolute atomic E-state index is 12.9. The molecular weight excluding hydrogens is 450 g/mol. The number of benzene rings is 1. The van der Waals surface area contributed by atoms with Crippen LogP contribution in [0.5, 0.6) is 0 Å². The van der Waals surface area contributed by atoms with Gasteiger partial charge < -0.3 is 19.7 Å². The van der Waals surface area contributed by atoms with Gasteiger partial charge in [0.15, 0.2) is 0 Å². The number of halogens is 1. The normalized spacial score (nSPS) is 26.2. The van der Waals surface area contributed by atoms with Crippen LogP contribution in [0.3, 0.4) is 0 Å². The third-order valence-corrected chi connectivity index (χ3v) is 7.35. The van der Waals surface area contributed by atoms with E-state index in [1.54, 1.807) is 4.90 Å². The summed E-state index contributed by atoms with van der Waals surface area (Å²) >= 11 is 3.49. The van der Waals surface area contributed by atoms with E-state index in [2.05, 4.69) is 26.1 Å². The fraction of sp³-hybridized carbons (Fsp3) is 0.636. The van der Waals surface area contributed by atoms with Gasteiger partial charge in [-0.15, -0.1) is 0 Å². The number of aryl methyl sites for hydroxylation is 1. The molecule has 3 unspecified atom stereocenters. The Labute approximate surface area is 186 Å². The summed E-state index contributed by atoms with van der Waals surface area (Å²) in [5.41, 5.74) is 1.92. The van der Waals surface area contributed by atoms with Crippen LogP contribution in [0.15, 0.2) is 22.7 Å². The number of morpholine rings is 1. The Morgan fingerprint density at radius 3 is 2.77 bits per heavy atom. The lowest BCUT2D eigenvalue weighted by Gasteiger charge is -2.37. The molecule has 3 aliphatic heterocycles. The molecular formula is C22H30BrN3O4. The van der Waals surface area contributed by atoms with Crippen LogP contribution in [0.1, 0.15) is 18.4 Å². The molecule has 3 saturated heterocycles. The van der Waals surface area contributed by atoms with E-state index >= 15 is 0 Å². The summed E-state index contributed by atoms with van der Waals surface area (Å²) < 4.78 is 12.1. The van der Waals surface area contributed by atoms with Crippen LogP contribution in [-0.4, -0.2) is 75.4 Å². The van der Waals surface area contributed by atoms with Crippen LogP contribution in [-0.2, 0) is 19.1 Å². The SMILES string of the molecule is Cc1cc(N2CC(C(=O)NCC(C3CCOC3)N3CCOCC3)CC2=O)ccc1Br. The van der Waals surface area contributed by atoms with Crippen molar-refractivity contribution in [2.45, 2.75) is 25.8 Å². The van der Waals surface area contributed by atoms with E-state index in [9.17, 15) is 9.59 Å². The van der Waals surface area contributed by atoms with Crippen LogP contribution in [0.25, 0.3) is 0 Å². The molecule has 1 N–H and O–H groups in total. The van der Waals surface area contributed by atoms with Gasteiger partial charge in [-0.2, -0.15) is 0 Å². The van der Waals surface area contributed by atoms with Crippen molar-refractivity contribution in [1.82, 2.24) is 10.2 Å². The van der Waals surface area contributed by atoms with E-state index < -0.39 is 0 Å². The predicted molar refractivity (Wildman–Crippen MR) is 117 cm³/mol. The van der Waals surface area contributed by atoms with Crippen molar-refractivity contribution in [1.29, 1.82) is 0 Å². The molecule has 0 bridgehead atoms. The first-order chi connectivity index (χ1) is 14.5. The molecule has 0 aromatic heterocycles. The molecule has 3 atom stereocenters. The molecule has 4 rings (SSSR count). The molecule has 3 heterocycles. The highest BCUT2D eigenvalue weighted by Gasteiger charge is 2.37. The second-order valence-electron chi connectivity index (χ2n) is 8.42. The second kappa shape index (κ2) is 9.77. The number of carbonyl (C=O) groups excluding carboxylic acids is 2. The lowest BCUT2D eigenvalue weighted by molar-refractivity contribution is -0.126. The van der Waals surface area contributed by atoms with Crippen molar-refractivity contribution >= 4 is 33.4 Å². The Hall–Kier alpha value is -1.48. The molecule has 2 amide bonds. The highest BCUT2D eigenvalue weighted by Crippen LogP contribution is 2.29. The maximum Gasteiger partial charge on any atom is 0.227 e. The number of nitrogens with one attached hydrogen (secondary N) is 1. The summed E-state index contributed by atoms with van der Waals surface area (Å²) in [6.07, 6.45) is 1.28. The molecule has 0 spiro atoms. The van der Waals surface area contributed by atoms with Gasteiger partial charge in [0, 0.05) is 61.3 Å². The Morgan fingerprint density at radius 1 is 1.27 bits per heavy atom. The van der Waals surface area contributed by atoms with Crippen LogP contribution >= 0.6 is 15.9 Å². The van der Waals surface area contributed by atoms with Gasteiger partial charge in [-0.3, -0.25) is 14.5 Å². The first kappa shape index (κ1) is 21.7. The number of ether oxygens (including phenoxy) is 2. The van der Waals surface area contributed by atoms with Gasteiger partial charge >= 0.3 is 0 Å². The van der Waals surface area contributed by atoms with Gasteiger partial charge in [0.2, 0.25) is 11.8 Å². The highest BCUT2D eigenvalue weighted by atomic mass is 79.9. The maximum atomic E-state index is 12.9.